The molecule has 21 heavy (non-hydrogen) atoms. The van der Waals surface area contributed by atoms with Gasteiger partial charge in [-0.2, -0.15) is 0 Å². The number of rotatable bonds is 4. The zero-order valence-electron chi connectivity index (χ0n) is 12.1. The number of likely N-dealkylation sites (tertiary alicyclic amines) is 1. The van der Waals surface area contributed by atoms with Crippen molar-refractivity contribution in [2.24, 2.45) is 0 Å². The Hall–Kier alpha value is -1.36. The monoisotopic (exact) mass is 306 g/mol. The number of ether oxygens (including phenoxy) is 1. The van der Waals surface area contributed by atoms with Crippen LogP contribution in [0.2, 0.25) is 5.15 Å². The molecule has 1 atom stereocenters. The molecule has 1 aliphatic heterocycles. The summed E-state index contributed by atoms with van der Waals surface area (Å²) in [6.45, 7) is 1.94. The Balaban J connectivity index is 1.90. The van der Waals surface area contributed by atoms with Crippen molar-refractivity contribution in [2.75, 3.05) is 20.3 Å². The molecule has 1 fully saturated rings. The van der Waals surface area contributed by atoms with Crippen LogP contribution in [0, 0.1) is 0 Å². The van der Waals surface area contributed by atoms with E-state index in [9.17, 15) is 5.11 Å². The number of halogens is 1. The Bertz CT molecular complexity index is 647. The van der Waals surface area contributed by atoms with Gasteiger partial charge in [0, 0.05) is 29.6 Å². The van der Waals surface area contributed by atoms with Crippen molar-refractivity contribution in [2.45, 2.75) is 25.4 Å². The largest absolute Gasteiger partial charge is 0.497 e. The zero-order chi connectivity index (χ0) is 14.8. The van der Waals surface area contributed by atoms with E-state index in [1.807, 2.05) is 18.2 Å². The molecule has 3 rings (SSSR count). The Kier molecular flexibility index (Phi) is 4.29. The molecule has 0 aliphatic carbocycles. The van der Waals surface area contributed by atoms with Crippen LogP contribution in [0.5, 0.6) is 5.75 Å². The van der Waals surface area contributed by atoms with Crippen LogP contribution in [0.1, 0.15) is 18.4 Å². The van der Waals surface area contributed by atoms with Crippen molar-refractivity contribution in [1.82, 2.24) is 9.88 Å². The van der Waals surface area contributed by atoms with E-state index < -0.39 is 0 Å². The Morgan fingerprint density at radius 2 is 2.29 bits per heavy atom. The average molecular weight is 307 g/mol. The topological polar surface area (TPSA) is 45.6 Å². The second-order valence-corrected chi connectivity index (χ2v) is 5.80. The lowest BCUT2D eigenvalue weighted by Gasteiger charge is -2.23. The van der Waals surface area contributed by atoms with Gasteiger partial charge in [0.15, 0.2) is 0 Å². The second kappa shape index (κ2) is 6.18. The van der Waals surface area contributed by atoms with Gasteiger partial charge in [0.05, 0.1) is 19.2 Å². The second-order valence-electron chi connectivity index (χ2n) is 5.45. The van der Waals surface area contributed by atoms with Gasteiger partial charge in [0.1, 0.15) is 10.9 Å². The normalized spacial score (nSPS) is 19.3. The van der Waals surface area contributed by atoms with E-state index in [4.69, 9.17) is 16.3 Å². The van der Waals surface area contributed by atoms with Crippen molar-refractivity contribution < 1.29 is 9.84 Å². The van der Waals surface area contributed by atoms with Crippen molar-refractivity contribution in [3.05, 3.63) is 35.0 Å². The van der Waals surface area contributed by atoms with E-state index in [1.165, 1.54) is 0 Å². The van der Waals surface area contributed by atoms with Crippen molar-refractivity contribution in [3.8, 4) is 5.75 Å². The van der Waals surface area contributed by atoms with Crippen LogP contribution >= 0.6 is 11.6 Å². The number of aromatic nitrogens is 1. The SMILES string of the molecule is COc1ccc2cc(CN3CCCC3CO)c(Cl)nc2c1. The first-order chi connectivity index (χ1) is 10.2. The zero-order valence-corrected chi connectivity index (χ0v) is 12.8. The predicted molar refractivity (Wildman–Crippen MR) is 83.8 cm³/mol. The Morgan fingerprint density at radius 3 is 3.05 bits per heavy atom. The average Bonchev–Trinajstić information content (AvgIpc) is 2.94. The van der Waals surface area contributed by atoms with Gasteiger partial charge in [0.25, 0.3) is 0 Å². The number of aliphatic hydroxyl groups excluding tert-OH is 1. The number of fused-ring (bicyclic) bond motifs is 1. The highest BCUT2D eigenvalue weighted by Crippen LogP contribution is 2.27. The predicted octanol–water partition coefficient (Wildman–Crippen LogP) is 2.85. The minimum atomic E-state index is 0.204. The summed E-state index contributed by atoms with van der Waals surface area (Å²) in [4.78, 5) is 6.75. The summed E-state index contributed by atoms with van der Waals surface area (Å²) in [6.07, 6.45) is 2.17. The lowest BCUT2D eigenvalue weighted by molar-refractivity contribution is 0.153. The number of pyridine rings is 1. The Labute approximate surface area is 129 Å². The molecule has 0 radical (unpaired) electrons. The molecule has 0 bridgehead atoms. The van der Waals surface area contributed by atoms with Gasteiger partial charge in [-0.15, -0.1) is 0 Å². The van der Waals surface area contributed by atoms with Gasteiger partial charge in [-0.3, -0.25) is 4.90 Å². The van der Waals surface area contributed by atoms with Gasteiger partial charge in [0.2, 0.25) is 0 Å². The van der Waals surface area contributed by atoms with E-state index in [-0.39, 0.29) is 12.6 Å². The van der Waals surface area contributed by atoms with Crippen LogP contribution in [-0.2, 0) is 6.54 Å². The van der Waals surface area contributed by atoms with E-state index in [1.54, 1.807) is 7.11 Å². The number of hydrogen-bond donors (Lipinski definition) is 1. The highest BCUT2D eigenvalue weighted by atomic mass is 35.5. The molecule has 1 unspecified atom stereocenters. The molecule has 1 saturated heterocycles. The molecule has 0 saturated carbocycles. The lowest BCUT2D eigenvalue weighted by Crippen LogP contribution is -2.31. The molecule has 1 aliphatic rings. The molecular weight excluding hydrogens is 288 g/mol. The molecule has 2 aromatic rings. The van der Waals surface area contributed by atoms with Gasteiger partial charge in [-0.1, -0.05) is 11.6 Å². The van der Waals surface area contributed by atoms with Gasteiger partial charge < -0.3 is 9.84 Å². The lowest BCUT2D eigenvalue weighted by atomic mass is 10.1. The fourth-order valence-electron chi connectivity index (χ4n) is 2.93. The number of aliphatic hydroxyl groups is 1. The molecule has 4 nitrogen and oxygen atoms in total. The van der Waals surface area contributed by atoms with Crippen LogP contribution in [0.3, 0.4) is 0 Å². The number of benzene rings is 1. The van der Waals surface area contributed by atoms with Crippen LogP contribution in [0.25, 0.3) is 10.9 Å². The molecule has 2 heterocycles. The summed E-state index contributed by atoms with van der Waals surface area (Å²) in [6, 6.07) is 8.13. The van der Waals surface area contributed by atoms with Gasteiger partial charge in [-0.05, 0) is 37.6 Å². The molecule has 1 aromatic carbocycles. The van der Waals surface area contributed by atoms with Crippen LogP contribution in [0.15, 0.2) is 24.3 Å². The third kappa shape index (κ3) is 2.98. The maximum atomic E-state index is 9.41. The molecule has 5 heteroatoms. The summed E-state index contributed by atoms with van der Waals surface area (Å²) in [5.41, 5.74) is 1.85. The van der Waals surface area contributed by atoms with E-state index in [2.05, 4.69) is 16.0 Å². The molecule has 112 valence electrons. The van der Waals surface area contributed by atoms with E-state index in [0.717, 1.165) is 48.1 Å². The third-order valence-electron chi connectivity index (χ3n) is 4.13. The quantitative estimate of drug-likeness (QED) is 0.882. The Morgan fingerprint density at radius 1 is 1.43 bits per heavy atom. The minimum Gasteiger partial charge on any atom is -0.497 e. The van der Waals surface area contributed by atoms with E-state index >= 15 is 0 Å². The number of nitrogens with zero attached hydrogens (tertiary/aromatic N) is 2. The third-order valence-corrected chi connectivity index (χ3v) is 4.46. The summed E-state index contributed by atoms with van der Waals surface area (Å²) < 4.78 is 5.21. The van der Waals surface area contributed by atoms with Crippen molar-refractivity contribution in [3.63, 3.8) is 0 Å². The molecule has 1 N–H and O–H groups in total. The molecule has 1 aromatic heterocycles. The minimum absolute atomic E-state index is 0.204. The van der Waals surface area contributed by atoms with Crippen LogP contribution in [-0.4, -0.2) is 41.3 Å². The maximum absolute atomic E-state index is 9.41. The maximum Gasteiger partial charge on any atom is 0.134 e. The summed E-state index contributed by atoms with van der Waals surface area (Å²) >= 11 is 6.33. The first-order valence-corrected chi connectivity index (χ1v) is 7.57. The van der Waals surface area contributed by atoms with Gasteiger partial charge in [-0.25, -0.2) is 4.98 Å². The summed E-state index contributed by atoms with van der Waals surface area (Å²) in [7, 11) is 1.64. The molecule has 0 amide bonds. The molecular formula is C16H19ClN2O2. The fraction of sp³-hybridized carbons (Fsp3) is 0.438. The molecule has 0 spiro atoms. The highest BCUT2D eigenvalue weighted by Gasteiger charge is 2.24. The van der Waals surface area contributed by atoms with Crippen LogP contribution in [0.4, 0.5) is 0 Å². The summed E-state index contributed by atoms with van der Waals surface area (Å²) in [5, 5.41) is 11.0. The van der Waals surface area contributed by atoms with Crippen molar-refractivity contribution in [1.29, 1.82) is 0 Å². The van der Waals surface area contributed by atoms with Crippen molar-refractivity contribution >= 4 is 22.5 Å². The van der Waals surface area contributed by atoms with Crippen LogP contribution < -0.4 is 4.74 Å². The smallest absolute Gasteiger partial charge is 0.134 e. The summed E-state index contributed by atoms with van der Waals surface area (Å²) in [5.74, 6) is 0.777. The van der Waals surface area contributed by atoms with E-state index in [0.29, 0.717) is 5.15 Å². The standard InChI is InChI=1S/C16H19ClN2O2/c1-21-14-5-4-11-7-12(16(17)18-15(11)8-14)9-19-6-2-3-13(19)10-20/h4-5,7-8,13,20H,2-3,6,9-10H2,1H3. The first-order valence-electron chi connectivity index (χ1n) is 7.19. The first kappa shape index (κ1) is 14.6. The number of hydrogen-bond acceptors (Lipinski definition) is 4. The highest BCUT2D eigenvalue weighted by molar-refractivity contribution is 6.30. The number of methoxy groups -OCH3 is 1. The van der Waals surface area contributed by atoms with Gasteiger partial charge >= 0.3 is 0 Å². The fourth-order valence-corrected chi connectivity index (χ4v) is 3.14.